The molecule has 18 heavy (non-hydrogen) atoms. The first-order valence-corrected chi connectivity index (χ1v) is 6.67. The van der Waals surface area contributed by atoms with E-state index in [9.17, 15) is 4.79 Å². The number of carbonyl (C=O) groups is 1. The Morgan fingerprint density at radius 2 is 2.22 bits per heavy atom. The normalized spacial score (nSPS) is 16.2. The van der Waals surface area contributed by atoms with Crippen LogP contribution in [0.4, 0.5) is 5.69 Å². The van der Waals surface area contributed by atoms with E-state index in [-0.39, 0.29) is 11.3 Å². The van der Waals surface area contributed by atoms with Crippen molar-refractivity contribution in [2.24, 2.45) is 5.41 Å². The van der Waals surface area contributed by atoms with E-state index in [4.69, 9.17) is 16.3 Å². The number of nitrogens with one attached hydrogen (secondary N) is 1. The van der Waals surface area contributed by atoms with Gasteiger partial charge in [-0.25, -0.2) is 0 Å². The van der Waals surface area contributed by atoms with E-state index < -0.39 is 0 Å². The maximum Gasteiger partial charge on any atom is 0.230 e. The van der Waals surface area contributed by atoms with E-state index in [0.717, 1.165) is 24.9 Å². The van der Waals surface area contributed by atoms with Crippen molar-refractivity contribution in [1.29, 1.82) is 0 Å². The summed E-state index contributed by atoms with van der Waals surface area (Å²) in [6.07, 6.45) is 2.86. The van der Waals surface area contributed by atoms with E-state index in [1.54, 1.807) is 12.1 Å². The Hall–Kier alpha value is -1.22. The van der Waals surface area contributed by atoms with Gasteiger partial charge in [-0.05, 0) is 37.5 Å². The van der Waals surface area contributed by atoms with E-state index in [2.05, 4.69) is 5.32 Å². The van der Waals surface area contributed by atoms with Gasteiger partial charge in [0.1, 0.15) is 5.75 Å². The highest BCUT2D eigenvalue weighted by molar-refractivity contribution is 6.32. The van der Waals surface area contributed by atoms with Crippen LogP contribution in [-0.2, 0) is 4.79 Å². The molecule has 0 atom stereocenters. The van der Waals surface area contributed by atoms with Gasteiger partial charge >= 0.3 is 0 Å². The summed E-state index contributed by atoms with van der Waals surface area (Å²) in [7, 11) is 0. The Bertz CT molecular complexity index is 455. The third-order valence-electron chi connectivity index (χ3n) is 3.20. The molecule has 1 N–H and O–H groups in total. The molecule has 1 fully saturated rings. The lowest BCUT2D eigenvalue weighted by molar-refractivity contribution is -0.120. The average Bonchev–Trinajstić information content (AvgIpc) is 3.08. The number of amides is 1. The second kappa shape index (κ2) is 5.19. The fourth-order valence-corrected chi connectivity index (χ4v) is 1.84. The van der Waals surface area contributed by atoms with Gasteiger partial charge in [-0.2, -0.15) is 0 Å². The van der Waals surface area contributed by atoms with Gasteiger partial charge in [0.15, 0.2) is 0 Å². The van der Waals surface area contributed by atoms with Gasteiger partial charge in [-0.1, -0.05) is 25.4 Å². The summed E-state index contributed by atoms with van der Waals surface area (Å²) in [4.78, 5) is 11.9. The molecule has 0 heterocycles. The molecule has 1 saturated carbocycles. The van der Waals surface area contributed by atoms with Crippen LogP contribution in [0.25, 0.3) is 0 Å². The molecule has 0 spiro atoms. The monoisotopic (exact) mass is 267 g/mol. The van der Waals surface area contributed by atoms with Crippen molar-refractivity contribution in [2.75, 3.05) is 11.9 Å². The largest absolute Gasteiger partial charge is 0.492 e. The highest BCUT2D eigenvalue weighted by atomic mass is 35.5. The zero-order valence-electron chi connectivity index (χ0n) is 10.8. The maximum atomic E-state index is 11.9. The fraction of sp³-hybridized carbons (Fsp3) is 0.500. The lowest BCUT2D eigenvalue weighted by Gasteiger charge is -2.12. The number of rotatable bonds is 5. The van der Waals surface area contributed by atoms with Crippen LogP contribution < -0.4 is 10.1 Å². The number of hydrogen-bond donors (Lipinski definition) is 1. The first kappa shape index (κ1) is 13.2. The van der Waals surface area contributed by atoms with Crippen LogP contribution in [0.5, 0.6) is 5.75 Å². The molecular formula is C14H18ClNO2. The number of carbonyl (C=O) groups excluding carboxylic acids is 1. The van der Waals surface area contributed by atoms with E-state index in [1.807, 2.05) is 19.9 Å². The van der Waals surface area contributed by atoms with Crippen LogP contribution in [0.3, 0.4) is 0 Å². The summed E-state index contributed by atoms with van der Waals surface area (Å²) in [5.41, 5.74) is 0.547. The summed E-state index contributed by atoms with van der Waals surface area (Å²) in [6.45, 7) is 4.66. The number of anilines is 1. The van der Waals surface area contributed by atoms with Crippen LogP contribution in [-0.4, -0.2) is 12.5 Å². The molecule has 98 valence electrons. The number of hydrogen-bond acceptors (Lipinski definition) is 2. The lowest BCUT2D eigenvalue weighted by atomic mass is 10.1. The molecule has 1 aliphatic carbocycles. The van der Waals surface area contributed by atoms with Crippen molar-refractivity contribution in [3.05, 3.63) is 23.2 Å². The number of ether oxygens (including phenoxy) is 1. The van der Waals surface area contributed by atoms with Crippen LogP contribution in [0, 0.1) is 5.41 Å². The maximum absolute atomic E-state index is 11.9. The Morgan fingerprint density at radius 1 is 1.50 bits per heavy atom. The topological polar surface area (TPSA) is 38.3 Å². The molecule has 2 rings (SSSR count). The van der Waals surface area contributed by atoms with Gasteiger partial charge in [-0.15, -0.1) is 0 Å². The van der Waals surface area contributed by atoms with Gasteiger partial charge < -0.3 is 10.1 Å². The number of halogens is 1. The van der Waals surface area contributed by atoms with Crippen LogP contribution in [0.15, 0.2) is 18.2 Å². The molecule has 0 saturated heterocycles. The van der Waals surface area contributed by atoms with Crippen LogP contribution in [0.1, 0.15) is 33.1 Å². The highest BCUT2D eigenvalue weighted by Crippen LogP contribution is 2.45. The van der Waals surface area contributed by atoms with Crippen molar-refractivity contribution in [3.8, 4) is 5.75 Å². The molecule has 0 aromatic heterocycles. The summed E-state index contributed by atoms with van der Waals surface area (Å²) < 4.78 is 5.48. The van der Waals surface area contributed by atoms with Crippen LogP contribution in [0.2, 0.25) is 5.02 Å². The third-order valence-corrected chi connectivity index (χ3v) is 3.49. The summed E-state index contributed by atoms with van der Waals surface area (Å²) in [6, 6.07) is 5.35. The standard InChI is InChI=1S/C14H18ClNO2/c1-3-8-18-12-5-4-10(9-11(12)15)16-13(17)14(2)6-7-14/h4-5,9H,3,6-8H2,1-2H3,(H,16,17). The van der Waals surface area contributed by atoms with Crippen molar-refractivity contribution >= 4 is 23.2 Å². The zero-order chi connectivity index (χ0) is 13.2. The minimum Gasteiger partial charge on any atom is -0.492 e. The molecule has 1 aromatic rings. The fourth-order valence-electron chi connectivity index (χ4n) is 1.60. The molecule has 0 radical (unpaired) electrons. The molecule has 1 aromatic carbocycles. The smallest absolute Gasteiger partial charge is 0.230 e. The van der Waals surface area contributed by atoms with E-state index in [0.29, 0.717) is 17.4 Å². The van der Waals surface area contributed by atoms with Crippen molar-refractivity contribution in [3.63, 3.8) is 0 Å². The minimum atomic E-state index is -0.177. The SMILES string of the molecule is CCCOc1ccc(NC(=O)C2(C)CC2)cc1Cl. The van der Waals surface area contributed by atoms with E-state index in [1.165, 1.54) is 0 Å². The summed E-state index contributed by atoms with van der Waals surface area (Å²) in [5, 5.41) is 3.42. The molecule has 0 unspecified atom stereocenters. The Balaban J connectivity index is 2.02. The minimum absolute atomic E-state index is 0.0702. The van der Waals surface area contributed by atoms with E-state index >= 15 is 0 Å². The zero-order valence-corrected chi connectivity index (χ0v) is 11.5. The highest BCUT2D eigenvalue weighted by Gasteiger charge is 2.44. The number of benzene rings is 1. The second-order valence-corrected chi connectivity index (χ2v) is 5.42. The molecule has 0 bridgehead atoms. The quantitative estimate of drug-likeness (QED) is 0.880. The average molecular weight is 268 g/mol. The lowest BCUT2D eigenvalue weighted by Crippen LogP contribution is -2.21. The summed E-state index contributed by atoms with van der Waals surface area (Å²) in [5.74, 6) is 0.731. The first-order valence-electron chi connectivity index (χ1n) is 6.29. The molecule has 4 heteroatoms. The molecular weight excluding hydrogens is 250 g/mol. The Labute approximate surface area is 112 Å². The Kier molecular flexibility index (Phi) is 3.81. The van der Waals surface area contributed by atoms with Crippen molar-refractivity contribution in [1.82, 2.24) is 0 Å². The predicted molar refractivity (Wildman–Crippen MR) is 73.2 cm³/mol. The molecule has 3 nitrogen and oxygen atoms in total. The van der Waals surface area contributed by atoms with Crippen LogP contribution >= 0.6 is 11.6 Å². The summed E-state index contributed by atoms with van der Waals surface area (Å²) >= 11 is 6.10. The molecule has 1 amide bonds. The van der Waals surface area contributed by atoms with Gasteiger partial charge in [0.05, 0.1) is 11.6 Å². The molecule has 1 aliphatic rings. The predicted octanol–water partition coefficient (Wildman–Crippen LogP) is 3.87. The molecule has 0 aliphatic heterocycles. The van der Waals surface area contributed by atoms with Gasteiger partial charge in [-0.3, -0.25) is 4.79 Å². The van der Waals surface area contributed by atoms with Crippen molar-refractivity contribution in [2.45, 2.75) is 33.1 Å². The Morgan fingerprint density at radius 3 is 2.78 bits per heavy atom. The van der Waals surface area contributed by atoms with Gasteiger partial charge in [0, 0.05) is 11.1 Å². The van der Waals surface area contributed by atoms with Gasteiger partial charge in [0.2, 0.25) is 5.91 Å². The third kappa shape index (κ3) is 2.96. The first-order chi connectivity index (χ1) is 8.55. The second-order valence-electron chi connectivity index (χ2n) is 5.01. The van der Waals surface area contributed by atoms with Gasteiger partial charge in [0.25, 0.3) is 0 Å². The van der Waals surface area contributed by atoms with Crippen molar-refractivity contribution < 1.29 is 9.53 Å².